The van der Waals surface area contributed by atoms with Crippen LogP contribution in [0.15, 0.2) is 176 Å². The number of hydrogen-bond donors (Lipinski definition) is 0. The maximum absolute atomic E-state index is 5.44. The van der Waals surface area contributed by atoms with Gasteiger partial charge in [0.05, 0.1) is 22.6 Å². The number of hydrogen-bond acceptors (Lipinski definition) is 3. The van der Waals surface area contributed by atoms with Crippen molar-refractivity contribution in [2.45, 2.75) is 19.3 Å². The standard InChI is InChI=1S/C50H35N3/c1-50(2)42-22-11-9-20-38(42)41-29-28-40-39-21-10-12-23-43(39)51-48(46(40)47(41)50)37-19-13-18-36(30-37)45-31-44(52-49(53-45)35-16-7-4-8-17-35)34-26-24-33(25-27-34)32-14-5-3-6-15-32/h3-31H,1-2H3. The molecule has 250 valence electrons. The molecule has 2 heterocycles. The molecule has 0 spiro atoms. The van der Waals surface area contributed by atoms with E-state index in [1.165, 1.54) is 49.5 Å². The van der Waals surface area contributed by atoms with Gasteiger partial charge in [-0.3, -0.25) is 0 Å². The summed E-state index contributed by atoms with van der Waals surface area (Å²) in [4.78, 5) is 15.7. The van der Waals surface area contributed by atoms with E-state index in [2.05, 4.69) is 166 Å². The van der Waals surface area contributed by atoms with Gasteiger partial charge in [-0.2, -0.15) is 0 Å². The Bertz CT molecular complexity index is 2840. The van der Waals surface area contributed by atoms with Gasteiger partial charge in [0.25, 0.3) is 0 Å². The predicted molar refractivity (Wildman–Crippen MR) is 220 cm³/mol. The van der Waals surface area contributed by atoms with Crippen LogP contribution in [-0.4, -0.2) is 15.0 Å². The number of fused-ring (bicyclic) bond motifs is 7. The average molecular weight is 678 g/mol. The maximum Gasteiger partial charge on any atom is 0.160 e. The third-order valence-electron chi connectivity index (χ3n) is 10.9. The summed E-state index contributed by atoms with van der Waals surface area (Å²) in [6.45, 7) is 4.71. The van der Waals surface area contributed by atoms with Crippen LogP contribution in [0.25, 0.3) is 89.1 Å². The van der Waals surface area contributed by atoms with Crippen LogP contribution in [0.2, 0.25) is 0 Å². The Kier molecular flexibility index (Phi) is 7.16. The summed E-state index contributed by atoms with van der Waals surface area (Å²) >= 11 is 0. The molecule has 0 saturated heterocycles. The summed E-state index contributed by atoms with van der Waals surface area (Å²) in [7, 11) is 0. The smallest absolute Gasteiger partial charge is 0.160 e. The van der Waals surface area contributed by atoms with Crippen molar-refractivity contribution in [1.82, 2.24) is 15.0 Å². The van der Waals surface area contributed by atoms with Gasteiger partial charge in [-0.25, -0.2) is 15.0 Å². The van der Waals surface area contributed by atoms with Crippen LogP contribution in [0.3, 0.4) is 0 Å². The van der Waals surface area contributed by atoms with Crippen LogP contribution in [0.1, 0.15) is 25.0 Å². The zero-order valence-electron chi connectivity index (χ0n) is 29.6. The Morgan fingerprint density at radius 1 is 0.396 bits per heavy atom. The van der Waals surface area contributed by atoms with Crippen molar-refractivity contribution in [2.75, 3.05) is 0 Å². The second-order valence-electron chi connectivity index (χ2n) is 14.4. The summed E-state index contributed by atoms with van der Waals surface area (Å²) < 4.78 is 0. The Labute approximate surface area is 309 Å². The van der Waals surface area contributed by atoms with E-state index in [1.54, 1.807) is 0 Å². The first-order chi connectivity index (χ1) is 26.0. The quantitative estimate of drug-likeness (QED) is 0.170. The van der Waals surface area contributed by atoms with E-state index < -0.39 is 0 Å². The van der Waals surface area contributed by atoms with Crippen molar-refractivity contribution < 1.29 is 0 Å². The van der Waals surface area contributed by atoms with Crippen molar-refractivity contribution >= 4 is 21.7 Å². The van der Waals surface area contributed by atoms with Crippen molar-refractivity contribution in [3.8, 4) is 67.4 Å². The molecular weight excluding hydrogens is 643 g/mol. The largest absolute Gasteiger partial charge is 0.247 e. The number of para-hydroxylation sites is 1. The molecule has 0 saturated carbocycles. The Balaban J connectivity index is 1.16. The minimum Gasteiger partial charge on any atom is -0.247 e. The molecule has 0 aliphatic heterocycles. The van der Waals surface area contributed by atoms with E-state index in [4.69, 9.17) is 15.0 Å². The third kappa shape index (κ3) is 5.16. The molecule has 0 amide bonds. The number of pyridine rings is 1. The van der Waals surface area contributed by atoms with Gasteiger partial charge < -0.3 is 0 Å². The molecule has 0 fully saturated rings. The molecule has 0 atom stereocenters. The first kappa shape index (κ1) is 31.1. The zero-order chi connectivity index (χ0) is 35.5. The van der Waals surface area contributed by atoms with Gasteiger partial charge in [0.15, 0.2) is 5.82 Å². The monoisotopic (exact) mass is 677 g/mol. The molecule has 7 aromatic carbocycles. The second-order valence-corrected chi connectivity index (χ2v) is 14.4. The lowest BCUT2D eigenvalue weighted by Gasteiger charge is -2.25. The lowest BCUT2D eigenvalue weighted by atomic mass is 9.79. The lowest BCUT2D eigenvalue weighted by molar-refractivity contribution is 0.666. The van der Waals surface area contributed by atoms with E-state index >= 15 is 0 Å². The van der Waals surface area contributed by atoms with Crippen LogP contribution >= 0.6 is 0 Å². The SMILES string of the molecule is CC1(C)c2ccccc2-c2ccc3c(c(-c4cccc(-c5cc(-c6ccc(-c7ccccc7)cc6)nc(-c6ccccc6)n5)c4)nc4ccccc43)c21. The van der Waals surface area contributed by atoms with Crippen LogP contribution < -0.4 is 0 Å². The molecule has 0 bridgehead atoms. The highest BCUT2D eigenvalue weighted by atomic mass is 14.9. The van der Waals surface area contributed by atoms with Gasteiger partial charge in [-0.05, 0) is 57.0 Å². The topological polar surface area (TPSA) is 38.7 Å². The molecule has 1 aliphatic rings. The van der Waals surface area contributed by atoms with Crippen LogP contribution in [0.5, 0.6) is 0 Å². The van der Waals surface area contributed by atoms with E-state index in [0.717, 1.165) is 44.9 Å². The highest BCUT2D eigenvalue weighted by Crippen LogP contribution is 2.53. The van der Waals surface area contributed by atoms with Crippen molar-refractivity contribution in [2.24, 2.45) is 0 Å². The molecule has 1 aliphatic carbocycles. The predicted octanol–water partition coefficient (Wildman–Crippen LogP) is 12.8. The van der Waals surface area contributed by atoms with Crippen LogP contribution in [0.4, 0.5) is 0 Å². The highest BCUT2D eigenvalue weighted by Gasteiger charge is 2.38. The first-order valence-corrected chi connectivity index (χ1v) is 18.2. The minimum absolute atomic E-state index is 0.190. The average Bonchev–Trinajstić information content (AvgIpc) is 3.47. The Morgan fingerprint density at radius 3 is 1.79 bits per heavy atom. The van der Waals surface area contributed by atoms with Gasteiger partial charge in [-0.15, -0.1) is 0 Å². The summed E-state index contributed by atoms with van der Waals surface area (Å²) in [6, 6.07) is 62.2. The van der Waals surface area contributed by atoms with Crippen LogP contribution in [-0.2, 0) is 5.41 Å². The molecule has 0 N–H and O–H groups in total. The minimum atomic E-state index is -0.190. The van der Waals surface area contributed by atoms with Gasteiger partial charge in [-0.1, -0.05) is 172 Å². The van der Waals surface area contributed by atoms with E-state index in [0.29, 0.717) is 5.82 Å². The fraction of sp³-hybridized carbons (Fsp3) is 0.0600. The Hall–Kier alpha value is -6.71. The second kappa shape index (κ2) is 12.2. The molecule has 2 aromatic heterocycles. The molecule has 3 heteroatoms. The third-order valence-corrected chi connectivity index (χ3v) is 10.9. The number of nitrogens with zero attached hydrogens (tertiary/aromatic N) is 3. The number of rotatable bonds is 5. The maximum atomic E-state index is 5.44. The molecule has 0 radical (unpaired) electrons. The molecule has 3 nitrogen and oxygen atoms in total. The first-order valence-electron chi connectivity index (χ1n) is 18.2. The fourth-order valence-electron chi connectivity index (χ4n) is 8.28. The summed E-state index contributed by atoms with van der Waals surface area (Å²) in [5.41, 5.74) is 15.3. The van der Waals surface area contributed by atoms with Crippen molar-refractivity contribution in [3.63, 3.8) is 0 Å². The number of aromatic nitrogens is 3. The van der Waals surface area contributed by atoms with Gasteiger partial charge in [0.1, 0.15) is 0 Å². The molecule has 9 aromatic rings. The molecular formula is C50H35N3. The van der Waals surface area contributed by atoms with E-state index in [1.807, 2.05) is 24.3 Å². The van der Waals surface area contributed by atoms with Gasteiger partial charge in [0, 0.05) is 38.4 Å². The summed E-state index contributed by atoms with van der Waals surface area (Å²) in [6.07, 6.45) is 0. The lowest BCUT2D eigenvalue weighted by Crippen LogP contribution is -2.16. The van der Waals surface area contributed by atoms with E-state index in [-0.39, 0.29) is 5.41 Å². The van der Waals surface area contributed by atoms with Gasteiger partial charge >= 0.3 is 0 Å². The van der Waals surface area contributed by atoms with Crippen molar-refractivity contribution in [3.05, 3.63) is 187 Å². The fourth-order valence-corrected chi connectivity index (χ4v) is 8.28. The van der Waals surface area contributed by atoms with Crippen molar-refractivity contribution in [1.29, 1.82) is 0 Å². The normalized spacial score (nSPS) is 12.9. The molecule has 10 rings (SSSR count). The Morgan fingerprint density at radius 2 is 1.00 bits per heavy atom. The van der Waals surface area contributed by atoms with Gasteiger partial charge in [0.2, 0.25) is 0 Å². The number of benzene rings is 7. The van der Waals surface area contributed by atoms with E-state index in [9.17, 15) is 0 Å². The molecule has 53 heavy (non-hydrogen) atoms. The molecule has 0 unspecified atom stereocenters. The zero-order valence-corrected chi connectivity index (χ0v) is 29.6. The summed E-state index contributed by atoms with van der Waals surface area (Å²) in [5, 5.41) is 3.61. The highest BCUT2D eigenvalue weighted by molar-refractivity contribution is 6.15. The van der Waals surface area contributed by atoms with Crippen LogP contribution in [0, 0.1) is 0 Å². The summed E-state index contributed by atoms with van der Waals surface area (Å²) in [5.74, 6) is 0.697.